The van der Waals surface area contributed by atoms with Crippen molar-refractivity contribution in [3.05, 3.63) is 46.2 Å². The average molecular weight is 279 g/mol. The van der Waals surface area contributed by atoms with E-state index in [4.69, 9.17) is 16.3 Å². The Balaban J connectivity index is 2.43. The molecule has 1 aliphatic rings. The quantitative estimate of drug-likeness (QED) is 0.843. The van der Waals surface area contributed by atoms with Crippen molar-refractivity contribution in [1.29, 1.82) is 0 Å². The van der Waals surface area contributed by atoms with Gasteiger partial charge in [-0.25, -0.2) is 0 Å². The van der Waals surface area contributed by atoms with Crippen LogP contribution in [0.1, 0.15) is 47.4 Å². The molecular weight excluding hydrogens is 264 g/mol. The van der Waals surface area contributed by atoms with Gasteiger partial charge in [-0.2, -0.15) is 0 Å². The maximum Gasteiger partial charge on any atom is 0.230 e. The zero-order chi connectivity index (χ0) is 14.0. The molecule has 0 saturated carbocycles. The third-order valence-electron chi connectivity index (χ3n) is 3.22. The second-order valence-electron chi connectivity index (χ2n) is 4.40. The highest BCUT2D eigenvalue weighted by molar-refractivity contribution is 6.49. The number of hydrogen-bond acceptors (Lipinski definition) is 3. The molecule has 0 unspecified atom stereocenters. The van der Waals surface area contributed by atoms with Crippen LogP contribution < -0.4 is 0 Å². The summed E-state index contributed by atoms with van der Waals surface area (Å²) in [6.07, 6.45) is 1.41. The lowest BCUT2D eigenvalue weighted by molar-refractivity contribution is 0.0717. The molecule has 1 aromatic carbocycles. The number of ether oxygens (including phenoxy) is 1. The number of carbonyl (C=O) groups excluding carboxylic acids is 2. The number of halogens is 1. The summed E-state index contributed by atoms with van der Waals surface area (Å²) in [4.78, 5) is 24.4. The minimum absolute atomic E-state index is 0.0148. The molecule has 0 aliphatic heterocycles. The zero-order valence-electron chi connectivity index (χ0n) is 10.9. The summed E-state index contributed by atoms with van der Waals surface area (Å²) < 4.78 is 5.62. The van der Waals surface area contributed by atoms with Gasteiger partial charge in [-0.05, 0) is 12.8 Å². The molecule has 100 valence electrons. The summed E-state index contributed by atoms with van der Waals surface area (Å²) in [7, 11) is 0. The summed E-state index contributed by atoms with van der Waals surface area (Å²) in [5, 5.41) is -0.115. The van der Waals surface area contributed by atoms with Crippen LogP contribution in [0.25, 0.3) is 0 Å². The highest BCUT2D eigenvalue weighted by atomic mass is 35.5. The van der Waals surface area contributed by atoms with Gasteiger partial charge in [0.1, 0.15) is 5.03 Å². The largest absolute Gasteiger partial charge is 0.485 e. The Bertz CT molecular complexity index is 556. The normalized spacial score (nSPS) is 14.9. The maximum absolute atomic E-state index is 12.3. The van der Waals surface area contributed by atoms with Crippen LogP contribution in [0.5, 0.6) is 0 Å². The van der Waals surface area contributed by atoms with Gasteiger partial charge in [-0.1, -0.05) is 49.7 Å². The van der Waals surface area contributed by atoms with Crippen molar-refractivity contribution in [2.45, 2.75) is 32.8 Å². The predicted octanol–water partition coefficient (Wildman–Crippen LogP) is 3.72. The van der Waals surface area contributed by atoms with Crippen molar-refractivity contribution in [3.8, 4) is 0 Å². The van der Waals surface area contributed by atoms with E-state index < -0.39 is 0 Å². The smallest absolute Gasteiger partial charge is 0.230 e. The zero-order valence-corrected chi connectivity index (χ0v) is 11.7. The van der Waals surface area contributed by atoms with E-state index in [1.807, 2.05) is 13.8 Å². The van der Waals surface area contributed by atoms with Crippen LogP contribution >= 0.6 is 11.6 Å². The number of carbonyl (C=O) groups is 2. The highest BCUT2D eigenvalue weighted by Gasteiger charge is 2.33. The molecule has 2 rings (SSSR count). The molecule has 0 saturated heterocycles. The first-order chi connectivity index (χ1) is 9.10. The summed E-state index contributed by atoms with van der Waals surface area (Å²) in [5.74, 6) is -0.677. The second kappa shape index (κ2) is 5.57. The van der Waals surface area contributed by atoms with Gasteiger partial charge in [-0.3, -0.25) is 9.59 Å². The molecule has 0 atom stereocenters. The molecule has 1 aromatic rings. The fourth-order valence-corrected chi connectivity index (χ4v) is 2.28. The topological polar surface area (TPSA) is 43.4 Å². The van der Waals surface area contributed by atoms with Gasteiger partial charge in [0.15, 0.2) is 5.76 Å². The van der Waals surface area contributed by atoms with Gasteiger partial charge in [0.2, 0.25) is 11.6 Å². The van der Waals surface area contributed by atoms with Gasteiger partial charge >= 0.3 is 0 Å². The first-order valence-electron chi connectivity index (χ1n) is 6.35. The Morgan fingerprint density at radius 1 is 1.05 bits per heavy atom. The van der Waals surface area contributed by atoms with Crippen LogP contribution in [0, 0.1) is 0 Å². The second-order valence-corrected chi connectivity index (χ2v) is 4.78. The number of hydrogen-bond donors (Lipinski definition) is 0. The Morgan fingerprint density at radius 2 is 1.58 bits per heavy atom. The summed E-state index contributed by atoms with van der Waals surface area (Å²) in [5.41, 5.74) is 0.701. The van der Waals surface area contributed by atoms with Gasteiger partial charge in [0.25, 0.3) is 0 Å². The van der Waals surface area contributed by atoms with Crippen molar-refractivity contribution in [3.63, 3.8) is 0 Å². The summed E-state index contributed by atoms with van der Waals surface area (Å²) in [6.45, 7) is 3.93. The minimum atomic E-state index is -0.349. The first kappa shape index (κ1) is 13.8. The number of rotatable bonds is 4. The third-order valence-corrected chi connectivity index (χ3v) is 3.56. The lowest BCUT2D eigenvalue weighted by Gasteiger charge is -2.22. The molecule has 0 amide bonds. The number of allylic oxidation sites excluding steroid dienone is 2. The molecular formula is C15H15ClO3. The van der Waals surface area contributed by atoms with E-state index in [1.54, 1.807) is 24.3 Å². The minimum Gasteiger partial charge on any atom is -0.485 e. The van der Waals surface area contributed by atoms with E-state index in [2.05, 4.69) is 0 Å². The molecule has 0 aromatic heterocycles. The molecule has 4 heteroatoms. The van der Waals surface area contributed by atoms with E-state index in [1.165, 1.54) is 0 Å². The summed E-state index contributed by atoms with van der Waals surface area (Å²) >= 11 is 6.00. The van der Waals surface area contributed by atoms with E-state index in [0.29, 0.717) is 11.1 Å². The van der Waals surface area contributed by atoms with Crippen LogP contribution in [-0.4, -0.2) is 17.7 Å². The van der Waals surface area contributed by atoms with Gasteiger partial charge < -0.3 is 4.74 Å². The monoisotopic (exact) mass is 278 g/mol. The fraction of sp³-hybridized carbons (Fsp3) is 0.333. The Labute approximate surface area is 117 Å². The van der Waals surface area contributed by atoms with Crippen LogP contribution in [0.15, 0.2) is 35.1 Å². The molecule has 0 heterocycles. The van der Waals surface area contributed by atoms with Crippen molar-refractivity contribution >= 4 is 23.2 Å². The Hall–Kier alpha value is -1.61. The van der Waals surface area contributed by atoms with E-state index in [-0.39, 0.29) is 28.5 Å². The standard InChI is InChI=1S/C15H15ClO3/c1-3-9(4-2)19-15-12(16)13(17)10-7-5-6-8-11(10)14(15)18/h5-9H,3-4H2,1-2H3. The Morgan fingerprint density at radius 3 is 2.11 bits per heavy atom. The molecule has 0 fully saturated rings. The van der Waals surface area contributed by atoms with E-state index in [0.717, 1.165) is 12.8 Å². The van der Waals surface area contributed by atoms with Crippen LogP contribution in [-0.2, 0) is 4.74 Å². The lowest BCUT2D eigenvalue weighted by atomic mass is 9.93. The van der Waals surface area contributed by atoms with Gasteiger partial charge in [0.05, 0.1) is 6.10 Å². The van der Waals surface area contributed by atoms with Crippen LogP contribution in [0.2, 0.25) is 0 Å². The highest BCUT2D eigenvalue weighted by Crippen LogP contribution is 2.30. The molecule has 0 N–H and O–H groups in total. The lowest BCUT2D eigenvalue weighted by Crippen LogP contribution is -2.24. The van der Waals surface area contributed by atoms with Gasteiger partial charge in [-0.15, -0.1) is 0 Å². The van der Waals surface area contributed by atoms with Crippen molar-refractivity contribution in [2.75, 3.05) is 0 Å². The molecule has 0 bridgehead atoms. The van der Waals surface area contributed by atoms with Gasteiger partial charge in [0, 0.05) is 11.1 Å². The fourth-order valence-electron chi connectivity index (χ4n) is 2.05. The SMILES string of the molecule is CCC(CC)OC1=C(Cl)C(=O)c2ccccc2C1=O. The molecule has 19 heavy (non-hydrogen) atoms. The molecule has 3 nitrogen and oxygen atoms in total. The molecule has 1 aliphatic carbocycles. The van der Waals surface area contributed by atoms with Crippen molar-refractivity contribution in [2.24, 2.45) is 0 Å². The number of ketones is 2. The predicted molar refractivity (Wildman–Crippen MR) is 73.4 cm³/mol. The van der Waals surface area contributed by atoms with Crippen LogP contribution in [0.4, 0.5) is 0 Å². The first-order valence-corrected chi connectivity index (χ1v) is 6.72. The molecule has 0 spiro atoms. The summed E-state index contributed by atoms with van der Waals surface area (Å²) in [6, 6.07) is 6.65. The molecule has 0 radical (unpaired) electrons. The average Bonchev–Trinajstić information content (AvgIpc) is 2.45. The van der Waals surface area contributed by atoms with Crippen molar-refractivity contribution < 1.29 is 14.3 Å². The Kier molecular flexibility index (Phi) is 4.05. The maximum atomic E-state index is 12.3. The van der Waals surface area contributed by atoms with E-state index in [9.17, 15) is 9.59 Å². The van der Waals surface area contributed by atoms with E-state index >= 15 is 0 Å². The third kappa shape index (κ3) is 2.43. The van der Waals surface area contributed by atoms with Crippen molar-refractivity contribution in [1.82, 2.24) is 0 Å². The van der Waals surface area contributed by atoms with Crippen LogP contribution in [0.3, 0.4) is 0 Å². The number of benzene rings is 1. The number of fused-ring (bicyclic) bond motifs is 1. The number of Topliss-reactive ketones (excluding diaryl/α,β-unsaturated/α-hetero) is 2.